The van der Waals surface area contributed by atoms with Crippen LogP contribution in [0.3, 0.4) is 0 Å². The number of amides is 2. The molecule has 0 spiro atoms. The number of carbonyl (C=O) groups excluding carboxylic acids is 1. The molecule has 168 valence electrons. The molecule has 1 heterocycles. The normalized spacial score (nSPS) is 16.1. The third kappa shape index (κ3) is 5.76. The second-order valence-electron chi connectivity index (χ2n) is 7.41. The van der Waals surface area contributed by atoms with E-state index >= 15 is 0 Å². The summed E-state index contributed by atoms with van der Waals surface area (Å²) >= 11 is 0. The van der Waals surface area contributed by atoms with Gasteiger partial charge in [-0.15, -0.1) is 0 Å². The summed E-state index contributed by atoms with van der Waals surface area (Å²) in [5.74, 6) is 0. The Labute approximate surface area is 179 Å². The Morgan fingerprint density at radius 3 is 2.42 bits per heavy atom. The second-order valence-corrected chi connectivity index (χ2v) is 9.35. The highest BCUT2D eigenvalue weighted by Gasteiger charge is 2.31. The molecule has 2 aromatic carbocycles. The first-order chi connectivity index (χ1) is 14.6. The fourth-order valence-corrected chi connectivity index (χ4v) is 4.81. The first-order valence-corrected chi connectivity index (χ1v) is 11.3. The van der Waals surface area contributed by atoms with E-state index < -0.39 is 27.8 Å². The lowest BCUT2D eigenvalue weighted by molar-refractivity contribution is -0.137. The topological polar surface area (TPSA) is 69.7 Å². The summed E-state index contributed by atoms with van der Waals surface area (Å²) < 4.78 is 65.6. The summed E-state index contributed by atoms with van der Waals surface area (Å²) in [6, 6.07) is 10.9. The minimum absolute atomic E-state index is 0.0510. The van der Waals surface area contributed by atoms with Gasteiger partial charge in [0.1, 0.15) is 0 Å². The van der Waals surface area contributed by atoms with Gasteiger partial charge in [-0.2, -0.15) is 17.5 Å². The Morgan fingerprint density at radius 2 is 1.74 bits per heavy atom. The highest BCUT2D eigenvalue weighted by Crippen LogP contribution is 2.29. The molecule has 1 aliphatic heterocycles. The average Bonchev–Trinajstić information content (AvgIpc) is 2.99. The van der Waals surface area contributed by atoms with E-state index in [2.05, 4.69) is 5.32 Å². The average molecular weight is 456 g/mol. The maximum absolute atomic E-state index is 12.9. The zero-order chi connectivity index (χ0) is 22.6. The molecule has 1 aliphatic rings. The largest absolute Gasteiger partial charge is 0.416 e. The number of aryl methyl sites for hydroxylation is 1. The number of carbonyl (C=O) groups is 1. The summed E-state index contributed by atoms with van der Waals surface area (Å²) in [6.45, 7) is 2.80. The van der Waals surface area contributed by atoms with Crippen molar-refractivity contribution in [3.05, 3.63) is 65.2 Å². The molecule has 31 heavy (non-hydrogen) atoms. The predicted octanol–water partition coefficient (Wildman–Crippen LogP) is 3.62. The molecular weight excluding hydrogens is 431 g/mol. The van der Waals surface area contributed by atoms with Crippen LogP contribution >= 0.6 is 0 Å². The van der Waals surface area contributed by atoms with Crippen LogP contribution in [-0.4, -0.2) is 49.8 Å². The SMILES string of the molecule is Cc1ccc(S(=O)(=O)N2CCCN(C(=O)NCc3cccc(C(F)(F)F)c3)CC2)cc1. The van der Waals surface area contributed by atoms with Crippen molar-refractivity contribution in [3.63, 3.8) is 0 Å². The summed E-state index contributed by atoms with van der Waals surface area (Å²) in [5, 5.41) is 2.62. The van der Waals surface area contributed by atoms with E-state index in [0.29, 0.717) is 18.5 Å². The van der Waals surface area contributed by atoms with Gasteiger partial charge >= 0.3 is 12.2 Å². The van der Waals surface area contributed by atoms with Gasteiger partial charge in [0.05, 0.1) is 10.5 Å². The molecule has 2 amide bonds. The van der Waals surface area contributed by atoms with Crippen molar-refractivity contribution in [1.29, 1.82) is 0 Å². The number of halogens is 3. The Hall–Kier alpha value is -2.59. The molecule has 0 aromatic heterocycles. The number of sulfonamides is 1. The van der Waals surface area contributed by atoms with Crippen LogP contribution in [0.4, 0.5) is 18.0 Å². The van der Waals surface area contributed by atoms with Gasteiger partial charge in [-0.3, -0.25) is 0 Å². The highest BCUT2D eigenvalue weighted by atomic mass is 32.2. The molecule has 0 unspecified atom stereocenters. The number of urea groups is 1. The lowest BCUT2D eigenvalue weighted by atomic mass is 10.1. The summed E-state index contributed by atoms with van der Waals surface area (Å²) in [6.07, 6.45) is -3.99. The van der Waals surface area contributed by atoms with E-state index in [-0.39, 0.29) is 31.1 Å². The van der Waals surface area contributed by atoms with Crippen molar-refractivity contribution < 1.29 is 26.4 Å². The molecule has 0 bridgehead atoms. The third-order valence-electron chi connectivity index (χ3n) is 5.10. The van der Waals surface area contributed by atoms with Gasteiger partial charge in [-0.1, -0.05) is 29.8 Å². The summed E-state index contributed by atoms with van der Waals surface area (Å²) in [5.41, 5.74) is 0.519. The van der Waals surface area contributed by atoms with Crippen LogP contribution in [0.2, 0.25) is 0 Å². The Bertz CT molecular complexity index is 1020. The van der Waals surface area contributed by atoms with Gasteiger partial charge in [0.15, 0.2) is 0 Å². The second kappa shape index (κ2) is 9.27. The number of hydrogen-bond donors (Lipinski definition) is 1. The molecule has 0 saturated carbocycles. The van der Waals surface area contributed by atoms with Gasteiger partial charge in [0, 0.05) is 32.7 Å². The number of nitrogens with one attached hydrogen (secondary N) is 1. The number of rotatable bonds is 4. The molecule has 10 heteroatoms. The van der Waals surface area contributed by atoms with Crippen molar-refractivity contribution in [2.45, 2.75) is 31.0 Å². The standard InChI is InChI=1S/C21H24F3N3O3S/c1-16-6-8-19(9-7-16)31(29,30)27-11-3-10-26(12-13-27)20(28)25-15-17-4-2-5-18(14-17)21(22,23)24/h2,4-9,14H,3,10-13,15H2,1H3,(H,25,28). The fraction of sp³-hybridized carbons (Fsp3) is 0.381. The maximum atomic E-state index is 12.9. The quantitative estimate of drug-likeness (QED) is 0.766. The molecule has 2 aromatic rings. The van der Waals surface area contributed by atoms with E-state index in [1.807, 2.05) is 6.92 Å². The third-order valence-corrected chi connectivity index (χ3v) is 7.01. The predicted molar refractivity (Wildman–Crippen MR) is 110 cm³/mol. The molecule has 3 rings (SSSR count). The van der Waals surface area contributed by atoms with E-state index in [4.69, 9.17) is 0 Å². The van der Waals surface area contributed by atoms with Crippen molar-refractivity contribution in [1.82, 2.24) is 14.5 Å². The molecule has 1 N–H and O–H groups in total. The van der Waals surface area contributed by atoms with E-state index in [9.17, 15) is 26.4 Å². The van der Waals surface area contributed by atoms with Gasteiger partial charge in [-0.25, -0.2) is 13.2 Å². The minimum atomic E-state index is -4.45. The first kappa shape index (κ1) is 23.1. The molecular formula is C21H24F3N3O3S. The van der Waals surface area contributed by atoms with Crippen LogP contribution in [0.5, 0.6) is 0 Å². The van der Waals surface area contributed by atoms with Crippen molar-refractivity contribution in [3.8, 4) is 0 Å². The van der Waals surface area contributed by atoms with Gasteiger partial charge in [0.25, 0.3) is 0 Å². The monoisotopic (exact) mass is 455 g/mol. The Balaban J connectivity index is 1.59. The van der Waals surface area contributed by atoms with Crippen LogP contribution in [-0.2, 0) is 22.7 Å². The number of alkyl halides is 3. The van der Waals surface area contributed by atoms with E-state index in [1.165, 1.54) is 21.3 Å². The fourth-order valence-electron chi connectivity index (χ4n) is 3.34. The zero-order valence-electron chi connectivity index (χ0n) is 17.0. The molecule has 6 nitrogen and oxygen atoms in total. The van der Waals surface area contributed by atoms with E-state index in [1.54, 1.807) is 24.3 Å². The van der Waals surface area contributed by atoms with Crippen LogP contribution < -0.4 is 5.32 Å². The molecule has 0 radical (unpaired) electrons. The first-order valence-electron chi connectivity index (χ1n) is 9.83. The number of hydrogen-bond acceptors (Lipinski definition) is 3. The van der Waals surface area contributed by atoms with Gasteiger partial charge in [-0.05, 0) is 43.2 Å². The number of benzene rings is 2. The van der Waals surface area contributed by atoms with E-state index in [0.717, 1.165) is 17.7 Å². The molecule has 0 atom stereocenters. The Kier molecular flexibility index (Phi) is 6.90. The molecule has 1 saturated heterocycles. The van der Waals surface area contributed by atoms with Gasteiger partial charge < -0.3 is 10.2 Å². The van der Waals surface area contributed by atoms with Crippen molar-refractivity contribution in [2.24, 2.45) is 0 Å². The zero-order valence-corrected chi connectivity index (χ0v) is 17.8. The maximum Gasteiger partial charge on any atom is 0.416 e. The van der Waals surface area contributed by atoms with Crippen molar-refractivity contribution in [2.75, 3.05) is 26.2 Å². The van der Waals surface area contributed by atoms with Gasteiger partial charge in [0.2, 0.25) is 10.0 Å². The lowest BCUT2D eigenvalue weighted by Gasteiger charge is -2.22. The smallest absolute Gasteiger partial charge is 0.334 e. The van der Waals surface area contributed by atoms with Crippen molar-refractivity contribution >= 4 is 16.1 Å². The van der Waals surface area contributed by atoms with Crippen LogP contribution in [0.1, 0.15) is 23.1 Å². The van der Waals surface area contributed by atoms with Crippen LogP contribution in [0.25, 0.3) is 0 Å². The molecule has 0 aliphatic carbocycles. The minimum Gasteiger partial charge on any atom is -0.334 e. The molecule has 1 fully saturated rings. The summed E-state index contributed by atoms with van der Waals surface area (Å²) in [7, 11) is -3.66. The highest BCUT2D eigenvalue weighted by molar-refractivity contribution is 7.89. The Morgan fingerprint density at radius 1 is 1.03 bits per heavy atom. The van der Waals surface area contributed by atoms with Crippen LogP contribution in [0, 0.1) is 6.92 Å². The summed E-state index contributed by atoms with van der Waals surface area (Å²) in [4.78, 5) is 14.2. The number of nitrogens with zero attached hydrogens (tertiary/aromatic N) is 2. The lowest BCUT2D eigenvalue weighted by Crippen LogP contribution is -2.42. The van der Waals surface area contributed by atoms with Crippen LogP contribution in [0.15, 0.2) is 53.4 Å².